The van der Waals surface area contributed by atoms with E-state index in [0.717, 1.165) is 11.2 Å². The normalized spacial score (nSPS) is 15.2. The summed E-state index contributed by atoms with van der Waals surface area (Å²) in [4.78, 5) is 19.9. The molecule has 0 bridgehead atoms. The number of aryl methyl sites for hydroxylation is 2. The van der Waals surface area contributed by atoms with Gasteiger partial charge in [-0.25, -0.2) is 4.39 Å². The highest BCUT2D eigenvalue weighted by atomic mass is 19.1. The molecule has 1 saturated heterocycles. The van der Waals surface area contributed by atoms with E-state index in [4.69, 9.17) is 4.42 Å². The molecule has 0 atom stereocenters. The van der Waals surface area contributed by atoms with Crippen molar-refractivity contribution in [3.8, 4) is 0 Å². The van der Waals surface area contributed by atoms with Gasteiger partial charge in [0.05, 0.1) is 5.56 Å². The zero-order valence-electron chi connectivity index (χ0n) is 14.0. The molecule has 3 heterocycles. The average Bonchev–Trinajstić information content (AvgIpc) is 3.17. The van der Waals surface area contributed by atoms with Gasteiger partial charge in [-0.05, 0) is 25.1 Å². The molecule has 1 amide bonds. The predicted molar refractivity (Wildman–Crippen MR) is 90.1 cm³/mol. The lowest BCUT2D eigenvalue weighted by molar-refractivity contribution is 0.0746. The molecule has 1 N–H and O–H groups in total. The van der Waals surface area contributed by atoms with Crippen LogP contribution in [0.25, 0.3) is 10.9 Å². The molecule has 0 unspecified atom stereocenters. The first-order valence-corrected chi connectivity index (χ1v) is 8.15. The minimum atomic E-state index is -0.350. The largest absolute Gasteiger partial charge is 0.408 e. The second kappa shape index (κ2) is 5.87. The number of aromatic nitrogens is 3. The maximum absolute atomic E-state index is 13.6. The number of amides is 1. The van der Waals surface area contributed by atoms with Gasteiger partial charge < -0.3 is 19.2 Å². The SMILES string of the molecule is Cc1nnc(N2CCN(C(=O)c3c(C)[nH]c4ccc(F)cc34)CC2)o1. The summed E-state index contributed by atoms with van der Waals surface area (Å²) in [7, 11) is 0. The molecule has 3 aromatic rings. The van der Waals surface area contributed by atoms with E-state index in [2.05, 4.69) is 15.2 Å². The van der Waals surface area contributed by atoms with Crippen molar-refractivity contribution >= 4 is 22.8 Å². The van der Waals surface area contributed by atoms with Crippen LogP contribution in [0.15, 0.2) is 22.6 Å². The van der Waals surface area contributed by atoms with Gasteiger partial charge in [0.1, 0.15) is 5.82 Å². The number of piperazine rings is 1. The van der Waals surface area contributed by atoms with Crippen LogP contribution in [-0.4, -0.2) is 52.2 Å². The summed E-state index contributed by atoms with van der Waals surface area (Å²) in [6.45, 7) is 5.90. The second-order valence-electron chi connectivity index (χ2n) is 6.20. The van der Waals surface area contributed by atoms with Crippen LogP contribution in [-0.2, 0) is 0 Å². The Bertz CT molecular complexity index is 940. The summed E-state index contributed by atoms with van der Waals surface area (Å²) < 4.78 is 19.0. The second-order valence-corrected chi connectivity index (χ2v) is 6.20. The summed E-state index contributed by atoms with van der Waals surface area (Å²) in [6, 6.07) is 4.93. The van der Waals surface area contributed by atoms with E-state index in [1.165, 1.54) is 12.1 Å². The standard InChI is InChI=1S/C17H18FN5O2/c1-10-15(13-9-12(18)3-4-14(13)19-10)16(24)22-5-7-23(8-6-22)17-21-20-11(2)25-17/h3-4,9,19H,5-8H2,1-2H3. The Morgan fingerprint density at radius 1 is 1.20 bits per heavy atom. The van der Waals surface area contributed by atoms with Crippen LogP contribution in [0.1, 0.15) is 21.9 Å². The van der Waals surface area contributed by atoms with Crippen molar-refractivity contribution in [3.63, 3.8) is 0 Å². The molecule has 1 aliphatic rings. The molecule has 1 aromatic carbocycles. The number of fused-ring (bicyclic) bond motifs is 1. The first-order valence-electron chi connectivity index (χ1n) is 8.15. The number of anilines is 1. The quantitative estimate of drug-likeness (QED) is 0.772. The van der Waals surface area contributed by atoms with Gasteiger partial charge in [0.15, 0.2) is 0 Å². The number of hydrogen-bond donors (Lipinski definition) is 1. The van der Waals surface area contributed by atoms with Gasteiger partial charge >= 0.3 is 6.01 Å². The number of benzene rings is 1. The Morgan fingerprint density at radius 3 is 2.64 bits per heavy atom. The Labute approximate surface area is 143 Å². The Balaban J connectivity index is 1.55. The topological polar surface area (TPSA) is 78.3 Å². The van der Waals surface area contributed by atoms with Crippen molar-refractivity contribution in [3.05, 3.63) is 41.2 Å². The average molecular weight is 343 g/mol. The van der Waals surface area contributed by atoms with E-state index < -0.39 is 0 Å². The van der Waals surface area contributed by atoms with E-state index in [1.54, 1.807) is 17.9 Å². The third kappa shape index (κ3) is 2.73. The van der Waals surface area contributed by atoms with Crippen LogP contribution >= 0.6 is 0 Å². The molecule has 4 rings (SSSR count). The van der Waals surface area contributed by atoms with Crippen LogP contribution in [0.5, 0.6) is 0 Å². The molecule has 2 aromatic heterocycles. The van der Waals surface area contributed by atoms with Crippen LogP contribution in [0, 0.1) is 19.7 Å². The van der Waals surface area contributed by atoms with E-state index in [0.29, 0.717) is 49.0 Å². The van der Waals surface area contributed by atoms with Crippen molar-refractivity contribution in [1.82, 2.24) is 20.1 Å². The minimum Gasteiger partial charge on any atom is -0.408 e. The molecule has 8 heteroatoms. The first-order chi connectivity index (χ1) is 12.0. The maximum atomic E-state index is 13.6. The highest BCUT2D eigenvalue weighted by molar-refractivity contribution is 6.08. The minimum absolute atomic E-state index is 0.0873. The smallest absolute Gasteiger partial charge is 0.318 e. The molecular formula is C17H18FN5O2. The van der Waals surface area contributed by atoms with Crippen LogP contribution in [0.4, 0.5) is 10.4 Å². The summed E-state index contributed by atoms with van der Waals surface area (Å²) >= 11 is 0. The molecule has 0 spiro atoms. The number of halogens is 1. The van der Waals surface area contributed by atoms with Gasteiger partial charge in [-0.15, -0.1) is 5.10 Å². The number of carbonyl (C=O) groups excluding carboxylic acids is 1. The van der Waals surface area contributed by atoms with Crippen molar-refractivity contribution < 1.29 is 13.6 Å². The first kappa shape index (κ1) is 15.6. The third-order valence-electron chi connectivity index (χ3n) is 4.51. The van der Waals surface area contributed by atoms with Gasteiger partial charge in [-0.1, -0.05) is 5.10 Å². The lowest BCUT2D eigenvalue weighted by Crippen LogP contribution is -2.49. The number of carbonyl (C=O) groups is 1. The monoisotopic (exact) mass is 343 g/mol. The van der Waals surface area contributed by atoms with Crippen molar-refractivity contribution in [2.45, 2.75) is 13.8 Å². The van der Waals surface area contributed by atoms with E-state index in [-0.39, 0.29) is 11.7 Å². The Hall–Kier alpha value is -2.90. The number of rotatable bonds is 2. The third-order valence-corrected chi connectivity index (χ3v) is 4.51. The van der Waals surface area contributed by atoms with Crippen molar-refractivity contribution in [1.29, 1.82) is 0 Å². The molecule has 1 fully saturated rings. The number of aromatic amines is 1. The lowest BCUT2D eigenvalue weighted by atomic mass is 10.1. The zero-order chi connectivity index (χ0) is 17.6. The van der Waals surface area contributed by atoms with Gasteiger partial charge in [-0.3, -0.25) is 4.79 Å². The highest BCUT2D eigenvalue weighted by Crippen LogP contribution is 2.25. The number of nitrogens with zero attached hydrogens (tertiary/aromatic N) is 4. The zero-order valence-corrected chi connectivity index (χ0v) is 14.0. The molecule has 130 valence electrons. The molecular weight excluding hydrogens is 325 g/mol. The van der Waals surface area contributed by atoms with Gasteiger partial charge in [0, 0.05) is 49.7 Å². The fourth-order valence-electron chi connectivity index (χ4n) is 3.25. The Kier molecular flexibility index (Phi) is 3.67. The summed E-state index contributed by atoms with van der Waals surface area (Å²) in [6.07, 6.45) is 0. The Morgan fingerprint density at radius 2 is 1.96 bits per heavy atom. The molecule has 0 saturated carbocycles. The summed E-state index contributed by atoms with van der Waals surface area (Å²) in [5.41, 5.74) is 2.05. The number of hydrogen-bond acceptors (Lipinski definition) is 5. The molecule has 1 aliphatic heterocycles. The van der Waals surface area contributed by atoms with E-state index >= 15 is 0 Å². The summed E-state index contributed by atoms with van der Waals surface area (Å²) in [5.74, 6) is 0.0813. The number of nitrogens with one attached hydrogen (secondary N) is 1. The van der Waals surface area contributed by atoms with Gasteiger partial charge in [-0.2, -0.15) is 0 Å². The maximum Gasteiger partial charge on any atom is 0.318 e. The fourth-order valence-corrected chi connectivity index (χ4v) is 3.25. The van der Waals surface area contributed by atoms with Gasteiger partial charge in [0.2, 0.25) is 5.89 Å². The van der Waals surface area contributed by atoms with Gasteiger partial charge in [0.25, 0.3) is 5.91 Å². The fraction of sp³-hybridized carbons (Fsp3) is 0.353. The molecule has 7 nitrogen and oxygen atoms in total. The number of H-pyrrole nitrogens is 1. The van der Waals surface area contributed by atoms with E-state index in [9.17, 15) is 9.18 Å². The molecule has 0 aliphatic carbocycles. The van der Waals surface area contributed by atoms with Crippen molar-refractivity contribution in [2.75, 3.05) is 31.1 Å². The van der Waals surface area contributed by atoms with Crippen LogP contribution in [0.2, 0.25) is 0 Å². The lowest BCUT2D eigenvalue weighted by Gasteiger charge is -2.33. The highest BCUT2D eigenvalue weighted by Gasteiger charge is 2.27. The van der Waals surface area contributed by atoms with E-state index in [1.807, 2.05) is 11.8 Å². The van der Waals surface area contributed by atoms with Crippen molar-refractivity contribution in [2.24, 2.45) is 0 Å². The summed E-state index contributed by atoms with van der Waals surface area (Å²) in [5, 5.41) is 8.47. The predicted octanol–water partition coefficient (Wildman–Crippen LogP) is 2.27. The van der Waals surface area contributed by atoms with Crippen LogP contribution < -0.4 is 4.90 Å². The molecule has 25 heavy (non-hydrogen) atoms. The van der Waals surface area contributed by atoms with Crippen LogP contribution in [0.3, 0.4) is 0 Å². The molecule has 0 radical (unpaired) electrons.